The number of rotatable bonds is 4. The standard InChI is InChI=1S/C16H23N3O2/c1-10(2)13-16(21)19(9-12-6-5-7-17-8-12)14(11(3)4)15(20)18-13/h5-8,10-11,13-14H,9H2,1-4H3,(H,18,20). The van der Waals surface area contributed by atoms with E-state index in [9.17, 15) is 9.59 Å². The van der Waals surface area contributed by atoms with Crippen LogP contribution in [0.1, 0.15) is 33.3 Å². The van der Waals surface area contributed by atoms with Crippen molar-refractivity contribution in [3.8, 4) is 0 Å². The zero-order valence-electron chi connectivity index (χ0n) is 13.0. The largest absolute Gasteiger partial charge is 0.342 e. The van der Waals surface area contributed by atoms with Crippen LogP contribution in [0, 0.1) is 11.8 Å². The minimum absolute atomic E-state index is 0.00727. The molecule has 1 fully saturated rings. The minimum atomic E-state index is -0.441. The van der Waals surface area contributed by atoms with Gasteiger partial charge in [-0.15, -0.1) is 0 Å². The maximum Gasteiger partial charge on any atom is 0.246 e. The monoisotopic (exact) mass is 289 g/mol. The molecular weight excluding hydrogens is 266 g/mol. The Hall–Kier alpha value is -1.91. The molecule has 0 bridgehead atoms. The molecule has 114 valence electrons. The van der Waals surface area contributed by atoms with Gasteiger partial charge in [-0.2, -0.15) is 0 Å². The molecule has 1 aliphatic rings. The van der Waals surface area contributed by atoms with Crippen LogP contribution >= 0.6 is 0 Å². The first-order chi connectivity index (χ1) is 9.91. The molecule has 2 unspecified atom stereocenters. The Labute approximate surface area is 125 Å². The van der Waals surface area contributed by atoms with Crippen molar-refractivity contribution in [2.45, 2.75) is 46.3 Å². The predicted molar refractivity (Wildman–Crippen MR) is 80.2 cm³/mol. The lowest BCUT2D eigenvalue weighted by Gasteiger charge is -2.42. The fourth-order valence-corrected chi connectivity index (χ4v) is 2.74. The van der Waals surface area contributed by atoms with Crippen LogP contribution in [0.25, 0.3) is 0 Å². The maximum absolute atomic E-state index is 12.7. The van der Waals surface area contributed by atoms with Gasteiger partial charge < -0.3 is 10.2 Å². The molecule has 0 aromatic carbocycles. The summed E-state index contributed by atoms with van der Waals surface area (Å²) < 4.78 is 0. The van der Waals surface area contributed by atoms with E-state index < -0.39 is 12.1 Å². The van der Waals surface area contributed by atoms with Crippen LogP contribution in [0.15, 0.2) is 24.5 Å². The number of nitrogens with zero attached hydrogens (tertiary/aromatic N) is 2. The van der Waals surface area contributed by atoms with Gasteiger partial charge in [0.25, 0.3) is 0 Å². The Balaban J connectivity index is 2.30. The lowest BCUT2D eigenvalue weighted by molar-refractivity contribution is -0.153. The zero-order valence-corrected chi connectivity index (χ0v) is 13.0. The Morgan fingerprint density at radius 2 is 1.95 bits per heavy atom. The van der Waals surface area contributed by atoms with Crippen LogP contribution in [0.2, 0.25) is 0 Å². The third kappa shape index (κ3) is 3.23. The number of carbonyl (C=O) groups is 2. The molecule has 21 heavy (non-hydrogen) atoms. The SMILES string of the molecule is CC(C)C1NC(=O)C(C(C)C)N(Cc2cccnc2)C1=O. The third-order valence-electron chi connectivity index (χ3n) is 3.83. The van der Waals surface area contributed by atoms with Gasteiger partial charge in [0.2, 0.25) is 11.8 Å². The molecule has 5 heteroatoms. The van der Waals surface area contributed by atoms with Crippen molar-refractivity contribution < 1.29 is 9.59 Å². The Kier molecular flexibility index (Phi) is 4.60. The summed E-state index contributed by atoms with van der Waals surface area (Å²) in [6.07, 6.45) is 3.44. The summed E-state index contributed by atoms with van der Waals surface area (Å²) >= 11 is 0. The number of hydrogen-bond acceptors (Lipinski definition) is 3. The van der Waals surface area contributed by atoms with E-state index in [0.717, 1.165) is 5.56 Å². The number of carbonyl (C=O) groups excluding carboxylic acids is 2. The summed E-state index contributed by atoms with van der Waals surface area (Å²) in [6.45, 7) is 8.24. The summed E-state index contributed by atoms with van der Waals surface area (Å²) in [4.78, 5) is 30.9. The van der Waals surface area contributed by atoms with E-state index in [1.165, 1.54) is 0 Å². The number of pyridine rings is 1. The molecular formula is C16H23N3O2. The summed E-state index contributed by atoms with van der Waals surface area (Å²) in [7, 11) is 0. The van der Waals surface area contributed by atoms with Gasteiger partial charge >= 0.3 is 0 Å². The van der Waals surface area contributed by atoms with E-state index in [1.54, 1.807) is 17.3 Å². The van der Waals surface area contributed by atoms with Crippen LogP contribution < -0.4 is 5.32 Å². The van der Waals surface area contributed by atoms with Gasteiger partial charge in [0.05, 0.1) is 0 Å². The van der Waals surface area contributed by atoms with E-state index in [0.29, 0.717) is 6.54 Å². The lowest BCUT2D eigenvalue weighted by Crippen LogP contribution is -2.65. The number of piperazine rings is 1. The van der Waals surface area contributed by atoms with Crippen molar-refractivity contribution in [3.05, 3.63) is 30.1 Å². The first kappa shape index (κ1) is 15.5. The Bertz CT molecular complexity index is 514. The molecule has 1 aliphatic heterocycles. The van der Waals surface area contributed by atoms with E-state index in [-0.39, 0.29) is 23.7 Å². The van der Waals surface area contributed by atoms with Gasteiger partial charge in [0.15, 0.2) is 0 Å². The average molecular weight is 289 g/mol. The van der Waals surface area contributed by atoms with Gasteiger partial charge in [0.1, 0.15) is 12.1 Å². The smallest absolute Gasteiger partial charge is 0.246 e. The van der Waals surface area contributed by atoms with Gasteiger partial charge in [-0.3, -0.25) is 14.6 Å². The number of nitrogens with one attached hydrogen (secondary N) is 1. The molecule has 1 saturated heterocycles. The molecule has 0 aliphatic carbocycles. The van der Waals surface area contributed by atoms with E-state index in [1.807, 2.05) is 39.8 Å². The number of aromatic nitrogens is 1. The van der Waals surface area contributed by atoms with E-state index >= 15 is 0 Å². The molecule has 5 nitrogen and oxygen atoms in total. The highest BCUT2D eigenvalue weighted by molar-refractivity contribution is 5.97. The number of hydrogen-bond donors (Lipinski definition) is 1. The highest BCUT2D eigenvalue weighted by atomic mass is 16.2. The van der Waals surface area contributed by atoms with E-state index in [2.05, 4.69) is 10.3 Å². The molecule has 1 aromatic rings. The Morgan fingerprint density at radius 3 is 2.48 bits per heavy atom. The quantitative estimate of drug-likeness (QED) is 0.915. The topological polar surface area (TPSA) is 62.3 Å². The number of amides is 2. The second-order valence-electron chi connectivity index (χ2n) is 6.25. The molecule has 0 radical (unpaired) electrons. The zero-order chi connectivity index (χ0) is 15.6. The van der Waals surface area contributed by atoms with Crippen LogP contribution in [0.5, 0.6) is 0 Å². The first-order valence-corrected chi connectivity index (χ1v) is 7.41. The van der Waals surface area contributed by atoms with Crippen LogP contribution in [0.3, 0.4) is 0 Å². The molecule has 2 atom stereocenters. The normalized spacial score (nSPS) is 22.9. The lowest BCUT2D eigenvalue weighted by atomic mass is 9.92. The molecule has 0 spiro atoms. The molecule has 1 aromatic heterocycles. The fourth-order valence-electron chi connectivity index (χ4n) is 2.74. The highest BCUT2D eigenvalue weighted by Gasteiger charge is 2.42. The minimum Gasteiger partial charge on any atom is -0.342 e. The first-order valence-electron chi connectivity index (χ1n) is 7.41. The fraction of sp³-hybridized carbons (Fsp3) is 0.562. The maximum atomic E-state index is 12.7. The Morgan fingerprint density at radius 1 is 1.24 bits per heavy atom. The summed E-state index contributed by atoms with van der Waals surface area (Å²) in [5, 5.41) is 2.87. The van der Waals surface area contributed by atoms with E-state index in [4.69, 9.17) is 0 Å². The van der Waals surface area contributed by atoms with Crippen LogP contribution in [-0.4, -0.2) is 33.8 Å². The van der Waals surface area contributed by atoms with Crippen molar-refractivity contribution in [2.75, 3.05) is 0 Å². The summed E-state index contributed by atoms with van der Waals surface area (Å²) in [6, 6.07) is 2.90. The summed E-state index contributed by atoms with van der Waals surface area (Å²) in [5.41, 5.74) is 0.939. The summed E-state index contributed by atoms with van der Waals surface area (Å²) in [5.74, 6) is 0.0732. The van der Waals surface area contributed by atoms with Crippen molar-refractivity contribution >= 4 is 11.8 Å². The van der Waals surface area contributed by atoms with Gasteiger partial charge in [-0.1, -0.05) is 33.8 Å². The van der Waals surface area contributed by atoms with Crippen molar-refractivity contribution in [2.24, 2.45) is 11.8 Å². The second kappa shape index (κ2) is 6.24. The van der Waals surface area contributed by atoms with Crippen molar-refractivity contribution in [3.63, 3.8) is 0 Å². The molecule has 2 rings (SSSR count). The second-order valence-corrected chi connectivity index (χ2v) is 6.25. The molecule has 0 saturated carbocycles. The van der Waals surface area contributed by atoms with Crippen LogP contribution in [0.4, 0.5) is 0 Å². The predicted octanol–water partition coefficient (Wildman–Crippen LogP) is 1.59. The average Bonchev–Trinajstić information content (AvgIpc) is 2.43. The highest BCUT2D eigenvalue weighted by Crippen LogP contribution is 2.22. The molecule has 1 N–H and O–H groups in total. The molecule has 2 heterocycles. The molecule has 2 amide bonds. The van der Waals surface area contributed by atoms with Crippen molar-refractivity contribution in [1.29, 1.82) is 0 Å². The van der Waals surface area contributed by atoms with Gasteiger partial charge in [0, 0.05) is 18.9 Å². The van der Waals surface area contributed by atoms with Gasteiger partial charge in [-0.25, -0.2) is 0 Å². The van der Waals surface area contributed by atoms with Crippen molar-refractivity contribution in [1.82, 2.24) is 15.2 Å². The third-order valence-corrected chi connectivity index (χ3v) is 3.83. The van der Waals surface area contributed by atoms with Crippen LogP contribution in [-0.2, 0) is 16.1 Å². The van der Waals surface area contributed by atoms with Gasteiger partial charge in [-0.05, 0) is 23.5 Å².